The maximum Gasteiger partial charge on any atom is 0.212 e. The first kappa shape index (κ1) is 4.50. The van der Waals surface area contributed by atoms with E-state index in [-0.39, 0.29) is 0 Å². The smallest absolute Gasteiger partial charge is 0.212 e. The van der Waals surface area contributed by atoms with Crippen molar-refractivity contribution >= 4 is 12.6 Å². The predicted octanol–water partition coefficient (Wildman–Crippen LogP) is 0.0752. The second-order valence-electron chi connectivity index (χ2n) is 1.88. The Morgan fingerprint density at radius 3 is 2.14 bits per heavy atom. The van der Waals surface area contributed by atoms with Crippen LogP contribution in [0.5, 0.6) is 0 Å². The van der Waals surface area contributed by atoms with Crippen molar-refractivity contribution < 1.29 is 9.59 Å². The van der Waals surface area contributed by atoms with Crippen LogP contribution in [-0.4, -0.2) is 12.6 Å². The van der Waals surface area contributed by atoms with Gasteiger partial charge >= 0.3 is 0 Å². The van der Waals surface area contributed by atoms with Gasteiger partial charge < -0.3 is 4.79 Å². The maximum atomic E-state index is 9.86. The average Bonchev–Trinajstić information content (AvgIpc) is 2.46. The Labute approximate surface area is 41.5 Å². The monoisotopic (exact) mass is 97.0 g/mol. The number of carbonyl (C=O) groups excluding carboxylic acids is 2. The van der Waals surface area contributed by atoms with Gasteiger partial charge in [0, 0.05) is 0 Å². The van der Waals surface area contributed by atoms with Crippen molar-refractivity contribution in [3.05, 3.63) is 0 Å². The standard InChI is InChI=1S/C5H5O2/c6-3-5(4-7)1-2-5/h3H,1-2H2. The van der Waals surface area contributed by atoms with Crippen LogP contribution in [0.3, 0.4) is 0 Å². The Hall–Kier alpha value is -0.660. The zero-order valence-electron chi connectivity index (χ0n) is 3.81. The SMILES string of the molecule is O=[C]C1(C=O)CC1. The van der Waals surface area contributed by atoms with Gasteiger partial charge in [-0.15, -0.1) is 0 Å². The third-order valence-corrected chi connectivity index (χ3v) is 1.22. The topological polar surface area (TPSA) is 34.1 Å². The minimum absolute atomic E-state index is 0.653. The summed E-state index contributed by atoms with van der Waals surface area (Å²) in [6.45, 7) is 0. The molecule has 2 nitrogen and oxygen atoms in total. The molecule has 1 rings (SSSR count). The molecule has 1 aliphatic carbocycles. The van der Waals surface area contributed by atoms with Gasteiger partial charge in [-0.05, 0) is 12.8 Å². The van der Waals surface area contributed by atoms with Gasteiger partial charge in [-0.25, -0.2) is 0 Å². The van der Waals surface area contributed by atoms with Crippen LogP contribution in [0.2, 0.25) is 0 Å². The Kier molecular flexibility index (Phi) is 0.741. The van der Waals surface area contributed by atoms with E-state index >= 15 is 0 Å². The van der Waals surface area contributed by atoms with E-state index in [1.165, 1.54) is 0 Å². The first-order valence-corrected chi connectivity index (χ1v) is 2.19. The van der Waals surface area contributed by atoms with Gasteiger partial charge in [0.2, 0.25) is 6.29 Å². The first-order chi connectivity index (χ1) is 3.33. The highest BCUT2D eigenvalue weighted by atomic mass is 16.1. The van der Waals surface area contributed by atoms with E-state index in [1.807, 2.05) is 0 Å². The molecule has 0 aliphatic heterocycles. The molecule has 0 aromatic heterocycles. The van der Waals surface area contributed by atoms with E-state index in [0.29, 0.717) is 19.1 Å². The van der Waals surface area contributed by atoms with E-state index in [4.69, 9.17) is 0 Å². The lowest BCUT2D eigenvalue weighted by molar-refractivity contribution is -0.110. The maximum absolute atomic E-state index is 9.86. The third kappa shape index (κ3) is 0.557. The van der Waals surface area contributed by atoms with Crippen molar-refractivity contribution in [1.29, 1.82) is 0 Å². The van der Waals surface area contributed by atoms with Crippen LogP contribution in [0.1, 0.15) is 12.8 Å². The van der Waals surface area contributed by atoms with Crippen LogP contribution in [0.4, 0.5) is 0 Å². The summed E-state index contributed by atoms with van der Waals surface area (Å²) >= 11 is 0. The molecule has 1 fully saturated rings. The lowest BCUT2D eigenvalue weighted by Crippen LogP contribution is -2.00. The molecule has 7 heavy (non-hydrogen) atoms. The van der Waals surface area contributed by atoms with Crippen LogP contribution in [0.25, 0.3) is 0 Å². The molecule has 2 heteroatoms. The van der Waals surface area contributed by atoms with Crippen molar-refractivity contribution in [3.8, 4) is 0 Å². The lowest BCUT2D eigenvalue weighted by Gasteiger charge is -1.82. The van der Waals surface area contributed by atoms with Crippen molar-refractivity contribution in [2.75, 3.05) is 0 Å². The Bertz CT molecular complexity index is 92.6. The minimum atomic E-state index is -0.653. The fraction of sp³-hybridized carbons (Fsp3) is 0.600. The van der Waals surface area contributed by atoms with E-state index in [9.17, 15) is 9.59 Å². The summed E-state index contributed by atoms with van der Waals surface area (Å²) in [4.78, 5) is 19.6. The van der Waals surface area contributed by atoms with Crippen LogP contribution in [0.15, 0.2) is 0 Å². The summed E-state index contributed by atoms with van der Waals surface area (Å²) in [5, 5.41) is 0. The third-order valence-electron chi connectivity index (χ3n) is 1.22. The zero-order chi connectivity index (χ0) is 5.33. The number of rotatable bonds is 2. The van der Waals surface area contributed by atoms with Crippen molar-refractivity contribution in [1.82, 2.24) is 0 Å². The molecule has 0 aromatic rings. The van der Waals surface area contributed by atoms with Crippen molar-refractivity contribution in [3.63, 3.8) is 0 Å². The van der Waals surface area contributed by atoms with Gasteiger partial charge in [-0.2, -0.15) is 0 Å². The molecule has 37 valence electrons. The lowest BCUT2D eigenvalue weighted by atomic mass is 10.2. The molecule has 0 N–H and O–H groups in total. The molecule has 0 atom stereocenters. The molecule has 0 bridgehead atoms. The zero-order valence-corrected chi connectivity index (χ0v) is 3.81. The molecule has 0 spiro atoms. The Morgan fingerprint density at radius 2 is 2.14 bits per heavy atom. The van der Waals surface area contributed by atoms with E-state index < -0.39 is 5.41 Å². The second-order valence-corrected chi connectivity index (χ2v) is 1.88. The van der Waals surface area contributed by atoms with E-state index in [1.54, 1.807) is 6.29 Å². The number of hydrogen-bond donors (Lipinski definition) is 0. The largest absolute Gasteiger partial charge is 0.302 e. The molecular formula is C5H5O2. The normalized spacial score (nSPS) is 23.4. The highest BCUT2D eigenvalue weighted by molar-refractivity contribution is 5.87. The molecule has 0 saturated heterocycles. The Balaban J connectivity index is 2.58. The summed E-state index contributed by atoms with van der Waals surface area (Å²) in [7, 11) is 0. The highest BCUT2D eigenvalue weighted by Gasteiger charge is 2.43. The van der Waals surface area contributed by atoms with Gasteiger partial charge in [0.1, 0.15) is 6.29 Å². The Morgan fingerprint density at radius 1 is 1.57 bits per heavy atom. The summed E-state index contributed by atoms with van der Waals surface area (Å²) < 4.78 is 0. The first-order valence-electron chi connectivity index (χ1n) is 2.19. The van der Waals surface area contributed by atoms with Gasteiger partial charge in [-0.3, -0.25) is 4.79 Å². The molecule has 0 heterocycles. The minimum Gasteiger partial charge on any atom is -0.302 e. The molecule has 1 aliphatic rings. The average molecular weight is 97.1 g/mol. The summed E-state index contributed by atoms with van der Waals surface area (Å²) in [6.07, 6.45) is 3.78. The summed E-state index contributed by atoms with van der Waals surface area (Å²) in [6, 6.07) is 0. The van der Waals surface area contributed by atoms with Crippen LogP contribution in [0, 0.1) is 5.41 Å². The van der Waals surface area contributed by atoms with Gasteiger partial charge in [0.15, 0.2) is 0 Å². The molecule has 0 unspecified atom stereocenters. The highest BCUT2D eigenvalue weighted by Crippen LogP contribution is 2.40. The molecule has 0 amide bonds. The van der Waals surface area contributed by atoms with Crippen LogP contribution in [-0.2, 0) is 9.59 Å². The van der Waals surface area contributed by atoms with Gasteiger partial charge in [0.25, 0.3) is 0 Å². The summed E-state index contributed by atoms with van der Waals surface area (Å²) in [5.41, 5.74) is -0.653. The van der Waals surface area contributed by atoms with Crippen molar-refractivity contribution in [2.24, 2.45) is 5.41 Å². The van der Waals surface area contributed by atoms with Crippen molar-refractivity contribution in [2.45, 2.75) is 12.8 Å². The van der Waals surface area contributed by atoms with Gasteiger partial charge in [0.05, 0.1) is 5.41 Å². The number of aldehydes is 1. The van der Waals surface area contributed by atoms with Crippen LogP contribution < -0.4 is 0 Å². The number of carbonyl (C=O) groups is 1. The van der Waals surface area contributed by atoms with E-state index in [0.717, 1.165) is 0 Å². The molecule has 0 aromatic carbocycles. The fourth-order valence-corrected chi connectivity index (χ4v) is 0.379. The predicted molar refractivity (Wildman–Crippen MR) is 23.4 cm³/mol. The molecule has 1 saturated carbocycles. The number of hydrogen-bond acceptors (Lipinski definition) is 2. The quantitative estimate of drug-likeness (QED) is 0.361. The molecule has 1 radical (unpaired) electrons. The summed E-state index contributed by atoms with van der Waals surface area (Å²) in [5.74, 6) is 0. The molecular weight excluding hydrogens is 92.1 g/mol. The fourth-order valence-electron chi connectivity index (χ4n) is 0.379. The van der Waals surface area contributed by atoms with Gasteiger partial charge in [-0.1, -0.05) is 0 Å². The van der Waals surface area contributed by atoms with Crippen LogP contribution >= 0.6 is 0 Å². The second kappa shape index (κ2) is 1.15. The van der Waals surface area contributed by atoms with E-state index in [2.05, 4.69) is 0 Å².